The molecule has 1 aliphatic carbocycles. The van der Waals surface area contributed by atoms with E-state index >= 15 is 0 Å². The number of aliphatic hydroxyl groups excluding tert-OH is 1. The Labute approximate surface area is 87.5 Å². The van der Waals surface area contributed by atoms with E-state index < -0.39 is 0 Å². The highest BCUT2D eigenvalue weighted by Crippen LogP contribution is 2.43. The molecule has 2 atom stereocenters. The molecule has 1 heteroatoms. The fourth-order valence-corrected chi connectivity index (χ4v) is 2.30. The van der Waals surface area contributed by atoms with Crippen LogP contribution in [0.25, 0.3) is 0 Å². The van der Waals surface area contributed by atoms with E-state index in [1.54, 1.807) is 6.92 Å². The van der Waals surface area contributed by atoms with Crippen molar-refractivity contribution >= 4 is 0 Å². The lowest BCUT2D eigenvalue weighted by Crippen LogP contribution is -2.28. The molecule has 0 heterocycles. The minimum atomic E-state index is -0.347. The molecule has 80 valence electrons. The summed E-state index contributed by atoms with van der Waals surface area (Å²) in [5.41, 5.74) is 1.62. The second kappa shape index (κ2) is 4.31. The Bertz CT molecular complexity index is 236. The van der Waals surface area contributed by atoms with Crippen molar-refractivity contribution in [3.63, 3.8) is 0 Å². The quantitative estimate of drug-likeness (QED) is 0.669. The van der Waals surface area contributed by atoms with Crippen LogP contribution in [0.4, 0.5) is 0 Å². The number of aliphatic hydroxyl groups is 1. The van der Waals surface area contributed by atoms with Gasteiger partial charge in [0.15, 0.2) is 0 Å². The maximum Gasteiger partial charge on any atom is 0.0692 e. The molecule has 0 spiro atoms. The molecule has 0 saturated heterocycles. The van der Waals surface area contributed by atoms with Gasteiger partial charge < -0.3 is 5.11 Å². The van der Waals surface area contributed by atoms with Crippen LogP contribution in [-0.4, -0.2) is 11.2 Å². The highest BCUT2D eigenvalue weighted by atomic mass is 16.3. The normalized spacial score (nSPS) is 29.4. The summed E-state index contributed by atoms with van der Waals surface area (Å²) in [6, 6.07) is 0. The number of allylic oxidation sites excluding steroid dienone is 2. The van der Waals surface area contributed by atoms with Crippen molar-refractivity contribution in [3.05, 3.63) is 24.3 Å². The first-order valence-electron chi connectivity index (χ1n) is 5.47. The van der Waals surface area contributed by atoms with Crippen molar-refractivity contribution in [3.8, 4) is 0 Å². The van der Waals surface area contributed by atoms with E-state index in [0.717, 1.165) is 6.42 Å². The van der Waals surface area contributed by atoms with Crippen LogP contribution in [0.2, 0.25) is 0 Å². The first-order valence-corrected chi connectivity index (χ1v) is 5.47. The second-order valence-corrected chi connectivity index (χ2v) is 5.10. The lowest BCUT2D eigenvalue weighted by molar-refractivity contribution is 0.220. The first kappa shape index (κ1) is 11.5. The smallest absolute Gasteiger partial charge is 0.0692 e. The van der Waals surface area contributed by atoms with Crippen molar-refractivity contribution in [2.45, 2.75) is 46.1 Å². The minimum Gasteiger partial charge on any atom is -0.389 e. The molecule has 0 radical (unpaired) electrons. The molecule has 1 aliphatic rings. The fraction of sp³-hybridized carbons (Fsp3) is 0.692. The molecule has 0 aliphatic heterocycles. The zero-order chi connectivity index (χ0) is 10.8. The van der Waals surface area contributed by atoms with Gasteiger partial charge in [-0.3, -0.25) is 0 Å². The predicted molar refractivity (Wildman–Crippen MR) is 61.1 cm³/mol. The van der Waals surface area contributed by atoms with Crippen LogP contribution in [-0.2, 0) is 0 Å². The van der Waals surface area contributed by atoms with Crippen molar-refractivity contribution in [2.75, 3.05) is 0 Å². The van der Waals surface area contributed by atoms with Gasteiger partial charge >= 0.3 is 0 Å². The molecule has 0 aromatic heterocycles. The van der Waals surface area contributed by atoms with Crippen LogP contribution < -0.4 is 0 Å². The van der Waals surface area contributed by atoms with E-state index in [0.29, 0.717) is 11.3 Å². The van der Waals surface area contributed by atoms with Gasteiger partial charge in [-0.25, -0.2) is 0 Å². The summed E-state index contributed by atoms with van der Waals surface area (Å²) in [5.74, 6) is 0.436. The largest absolute Gasteiger partial charge is 0.389 e. The van der Waals surface area contributed by atoms with Crippen LogP contribution in [0.5, 0.6) is 0 Å². The highest BCUT2D eigenvalue weighted by molar-refractivity contribution is 5.17. The zero-order valence-electron chi connectivity index (χ0n) is 9.59. The molecule has 0 aromatic carbocycles. The van der Waals surface area contributed by atoms with E-state index in [-0.39, 0.29) is 6.10 Å². The molecule has 1 nitrogen and oxygen atoms in total. The molecule has 2 unspecified atom stereocenters. The van der Waals surface area contributed by atoms with Gasteiger partial charge in [-0.15, -0.1) is 0 Å². The third kappa shape index (κ3) is 2.71. The summed E-state index contributed by atoms with van der Waals surface area (Å²) < 4.78 is 0. The maximum atomic E-state index is 9.22. The Morgan fingerprint density at radius 1 is 1.57 bits per heavy atom. The Morgan fingerprint density at radius 3 is 2.71 bits per heavy atom. The molecule has 1 N–H and O–H groups in total. The monoisotopic (exact) mass is 194 g/mol. The van der Waals surface area contributed by atoms with E-state index in [4.69, 9.17) is 0 Å². The average Bonchev–Trinajstić information content (AvgIpc) is 2.01. The van der Waals surface area contributed by atoms with Crippen LogP contribution in [0.3, 0.4) is 0 Å². The standard InChI is InChI=1S/C13H22O/c1-10-6-5-9-13(3,4)12(10)8-7-11(2)14/h7-8,11-12,14H,1,5-6,9H2,2-4H3/b8-7+. The Balaban J connectivity index is 2.75. The molecular formula is C13H22O. The first-order chi connectivity index (χ1) is 6.43. The summed E-state index contributed by atoms with van der Waals surface area (Å²) in [7, 11) is 0. The van der Waals surface area contributed by atoms with Gasteiger partial charge in [-0.2, -0.15) is 0 Å². The van der Waals surface area contributed by atoms with Crippen LogP contribution >= 0.6 is 0 Å². The van der Waals surface area contributed by atoms with Crippen molar-refractivity contribution in [1.82, 2.24) is 0 Å². The zero-order valence-corrected chi connectivity index (χ0v) is 9.59. The predicted octanol–water partition coefficient (Wildman–Crippen LogP) is 3.31. The van der Waals surface area contributed by atoms with Gasteiger partial charge in [-0.1, -0.05) is 38.2 Å². The third-order valence-corrected chi connectivity index (χ3v) is 3.18. The summed E-state index contributed by atoms with van der Waals surface area (Å²) in [6.07, 6.45) is 7.31. The Hall–Kier alpha value is -0.560. The minimum absolute atomic E-state index is 0.306. The van der Waals surface area contributed by atoms with Crippen molar-refractivity contribution in [2.24, 2.45) is 11.3 Å². The molecule has 0 amide bonds. The molecule has 14 heavy (non-hydrogen) atoms. The third-order valence-electron chi connectivity index (χ3n) is 3.18. The lowest BCUT2D eigenvalue weighted by atomic mass is 9.66. The second-order valence-electron chi connectivity index (χ2n) is 5.10. The van der Waals surface area contributed by atoms with Crippen molar-refractivity contribution < 1.29 is 5.11 Å². The maximum absolute atomic E-state index is 9.22. The van der Waals surface area contributed by atoms with Crippen LogP contribution in [0.15, 0.2) is 24.3 Å². The van der Waals surface area contributed by atoms with Gasteiger partial charge in [0, 0.05) is 5.92 Å². The van der Waals surface area contributed by atoms with E-state index in [1.807, 2.05) is 6.08 Å². The number of rotatable bonds is 2. The summed E-state index contributed by atoms with van der Waals surface area (Å²) in [4.78, 5) is 0. The molecule has 0 bridgehead atoms. The summed E-state index contributed by atoms with van der Waals surface area (Å²) >= 11 is 0. The molecule has 0 aromatic rings. The number of hydrogen-bond acceptors (Lipinski definition) is 1. The van der Waals surface area contributed by atoms with Gasteiger partial charge in [0.05, 0.1) is 6.10 Å². The Kier molecular flexibility index (Phi) is 3.54. The molecule has 1 rings (SSSR count). The molecular weight excluding hydrogens is 172 g/mol. The van der Waals surface area contributed by atoms with Gasteiger partial charge in [0.25, 0.3) is 0 Å². The molecule has 1 fully saturated rings. The van der Waals surface area contributed by atoms with Gasteiger partial charge in [-0.05, 0) is 31.6 Å². The average molecular weight is 194 g/mol. The van der Waals surface area contributed by atoms with E-state index in [9.17, 15) is 5.11 Å². The van der Waals surface area contributed by atoms with Gasteiger partial charge in [0.1, 0.15) is 0 Å². The fourth-order valence-electron chi connectivity index (χ4n) is 2.30. The van der Waals surface area contributed by atoms with Gasteiger partial charge in [0.2, 0.25) is 0 Å². The number of hydrogen-bond donors (Lipinski definition) is 1. The summed E-state index contributed by atoms with van der Waals surface area (Å²) in [6.45, 7) is 10.5. The SMILES string of the molecule is C=C1CCCC(C)(C)C1/C=C/C(C)O. The summed E-state index contributed by atoms with van der Waals surface area (Å²) in [5, 5.41) is 9.22. The lowest BCUT2D eigenvalue weighted by Gasteiger charge is -2.38. The van der Waals surface area contributed by atoms with Crippen LogP contribution in [0.1, 0.15) is 40.0 Å². The topological polar surface area (TPSA) is 20.2 Å². The van der Waals surface area contributed by atoms with E-state index in [2.05, 4.69) is 26.5 Å². The van der Waals surface area contributed by atoms with Crippen molar-refractivity contribution in [1.29, 1.82) is 0 Å². The Morgan fingerprint density at radius 2 is 2.21 bits per heavy atom. The highest BCUT2D eigenvalue weighted by Gasteiger charge is 2.32. The molecule has 1 saturated carbocycles. The van der Waals surface area contributed by atoms with Crippen LogP contribution in [0, 0.1) is 11.3 Å². The van der Waals surface area contributed by atoms with E-state index in [1.165, 1.54) is 18.4 Å².